The summed E-state index contributed by atoms with van der Waals surface area (Å²) in [6.45, 7) is 1.75. The van der Waals surface area contributed by atoms with Crippen LogP contribution >= 0.6 is 15.9 Å². The Balaban J connectivity index is 3.07. The second kappa shape index (κ2) is 7.37. The van der Waals surface area contributed by atoms with Gasteiger partial charge in [0.1, 0.15) is 0 Å². The van der Waals surface area contributed by atoms with E-state index in [-0.39, 0.29) is 24.5 Å². The van der Waals surface area contributed by atoms with Crippen LogP contribution in [-0.4, -0.2) is 39.9 Å². The number of benzene rings is 1. The lowest BCUT2D eigenvalue weighted by molar-refractivity contribution is 0.158. The molecule has 1 rings (SSSR count). The van der Waals surface area contributed by atoms with Gasteiger partial charge in [0.05, 0.1) is 11.5 Å². The van der Waals surface area contributed by atoms with Gasteiger partial charge in [-0.15, -0.1) is 0 Å². The molecule has 0 amide bonds. The van der Waals surface area contributed by atoms with E-state index in [0.29, 0.717) is 15.7 Å². The zero-order valence-corrected chi connectivity index (χ0v) is 13.8. The highest BCUT2D eigenvalue weighted by Crippen LogP contribution is 2.26. The van der Waals surface area contributed by atoms with Crippen LogP contribution in [0.4, 0.5) is 5.69 Å². The van der Waals surface area contributed by atoms with Gasteiger partial charge < -0.3 is 15.6 Å². The third kappa shape index (κ3) is 4.42. The number of methoxy groups -OCH3 is 1. The maximum atomic E-state index is 12.4. The second-order valence-corrected chi connectivity index (χ2v) is 6.96. The molecule has 20 heavy (non-hydrogen) atoms. The molecule has 0 aliphatic heterocycles. The largest absolute Gasteiger partial charge is 0.398 e. The van der Waals surface area contributed by atoms with Crippen molar-refractivity contribution in [3.8, 4) is 0 Å². The Kier molecular flexibility index (Phi) is 6.41. The highest BCUT2D eigenvalue weighted by molar-refractivity contribution is 9.10. The van der Waals surface area contributed by atoms with Gasteiger partial charge in [-0.3, -0.25) is 0 Å². The number of aliphatic hydroxyl groups is 1. The molecule has 6 nitrogen and oxygen atoms in total. The molecule has 4 N–H and O–H groups in total. The van der Waals surface area contributed by atoms with Crippen LogP contribution in [0.2, 0.25) is 0 Å². The Morgan fingerprint density at radius 2 is 2.15 bits per heavy atom. The number of ether oxygens (including phenoxy) is 1. The number of hydrogen-bond donors (Lipinski definition) is 3. The van der Waals surface area contributed by atoms with Crippen molar-refractivity contribution < 1.29 is 18.3 Å². The van der Waals surface area contributed by atoms with E-state index >= 15 is 0 Å². The van der Waals surface area contributed by atoms with Crippen molar-refractivity contribution in [3.05, 3.63) is 22.2 Å². The average molecular weight is 367 g/mol. The Morgan fingerprint density at radius 3 is 2.70 bits per heavy atom. The summed E-state index contributed by atoms with van der Waals surface area (Å²) < 4.78 is 32.8. The molecule has 0 fully saturated rings. The normalized spacial score (nSPS) is 13.4. The van der Waals surface area contributed by atoms with Crippen LogP contribution in [0.1, 0.15) is 12.0 Å². The van der Waals surface area contributed by atoms with Crippen LogP contribution in [0, 0.1) is 6.92 Å². The maximum Gasteiger partial charge on any atom is 0.241 e. The van der Waals surface area contributed by atoms with Crippen molar-refractivity contribution in [2.24, 2.45) is 0 Å². The molecule has 8 heteroatoms. The van der Waals surface area contributed by atoms with Crippen molar-refractivity contribution in [2.75, 3.05) is 26.1 Å². The number of halogens is 1. The summed E-state index contributed by atoms with van der Waals surface area (Å²) >= 11 is 3.25. The van der Waals surface area contributed by atoms with E-state index in [1.807, 2.05) is 0 Å². The van der Waals surface area contributed by atoms with Crippen molar-refractivity contribution in [1.82, 2.24) is 4.72 Å². The Morgan fingerprint density at radius 1 is 1.50 bits per heavy atom. The van der Waals surface area contributed by atoms with Crippen molar-refractivity contribution >= 4 is 31.6 Å². The molecule has 1 aromatic rings. The number of anilines is 1. The fraction of sp³-hybridized carbons (Fsp3) is 0.500. The maximum absolute atomic E-state index is 12.4. The standard InChI is InChI=1S/C12H19BrN2O4S/c1-8-5-10(13)11(14)6-12(8)20(17,18)15-9(3-4-16)7-19-2/h5-6,9,15-16H,3-4,7,14H2,1-2H3. The van der Waals surface area contributed by atoms with E-state index in [1.54, 1.807) is 13.0 Å². The van der Waals surface area contributed by atoms with E-state index in [9.17, 15) is 8.42 Å². The summed E-state index contributed by atoms with van der Waals surface area (Å²) in [6, 6.07) is 2.57. The van der Waals surface area contributed by atoms with Crippen LogP contribution in [0.3, 0.4) is 0 Å². The first-order valence-corrected chi connectivity index (χ1v) is 8.27. The monoisotopic (exact) mass is 366 g/mol. The van der Waals surface area contributed by atoms with E-state index in [0.717, 1.165) is 0 Å². The minimum absolute atomic E-state index is 0.122. The van der Waals surface area contributed by atoms with Gasteiger partial charge in [0, 0.05) is 29.9 Å². The molecule has 0 heterocycles. The van der Waals surface area contributed by atoms with Gasteiger partial charge >= 0.3 is 0 Å². The summed E-state index contributed by atoms with van der Waals surface area (Å²) in [5, 5.41) is 8.95. The first-order chi connectivity index (χ1) is 9.31. The zero-order chi connectivity index (χ0) is 15.3. The summed E-state index contributed by atoms with van der Waals surface area (Å²) in [5.41, 5.74) is 6.66. The predicted octanol–water partition coefficient (Wildman–Crippen LogP) is 1.02. The van der Waals surface area contributed by atoms with Crippen LogP contribution in [-0.2, 0) is 14.8 Å². The van der Waals surface area contributed by atoms with Gasteiger partial charge in [-0.25, -0.2) is 13.1 Å². The van der Waals surface area contributed by atoms with Gasteiger partial charge in [-0.1, -0.05) is 0 Å². The van der Waals surface area contributed by atoms with Crippen LogP contribution in [0.15, 0.2) is 21.5 Å². The number of rotatable bonds is 7. The Bertz CT molecular complexity index is 557. The highest BCUT2D eigenvalue weighted by Gasteiger charge is 2.22. The number of aliphatic hydroxyl groups excluding tert-OH is 1. The first-order valence-electron chi connectivity index (χ1n) is 5.99. The molecule has 114 valence electrons. The Hall–Kier alpha value is -0.670. The molecule has 0 aliphatic rings. The number of hydrogen-bond acceptors (Lipinski definition) is 5. The fourth-order valence-electron chi connectivity index (χ4n) is 1.77. The molecule has 0 aliphatic carbocycles. The zero-order valence-electron chi connectivity index (χ0n) is 11.4. The molecule has 0 saturated heterocycles. The van der Waals surface area contributed by atoms with Gasteiger partial charge in [-0.05, 0) is 47.0 Å². The molecule has 0 spiro atoms. The van der Waals surface area contributed by atoms with Gasteiger partial charge in [0.2, 0.25) is 10.0 Å². The number of sulfonamides is 1. The van der Waals surface area contributed by atoms with E-state index in [2.05, 4.69) is 20.7 Å². The first kappa shape index (κ1) is 17.4. The van der Waals surface area contributed by atoms with Gasteiger partial charge in [-0.2, -0.15) is 0 Å². The van der Waals surface area contributed by atoms with Crippen molar-refractivity contribution in [1.29, 1.82) is 0 Å². The van der Waals surface area contributed by atoms with Crippen LogP contribution in [0.25, 0.3) is 0 Å². The summed E-state index contributed by atoms with van der Waals surface area (Å²) in [7, 11) is -2.24. The minimum Gasteiger partial charge on any atom is -0.398 e. The number of nitrogens with one attached hydrogen (secondary N) is 1. The smallest absolute Gasteiger partial charge is 0.241 e. The number of nitrogen functional groups attached to an aromatic ring is 1. The molecular weight excluding hydrogens is 348 g/mol. The molecule has 0 aromatic heterocycles. The lowest BCUT2D eigenvalue weighted by atomic mass is 10.2. The van der Waals surface area contributed by atoms with Crippen molar-refractivity contribution in [2.45, 2.75) is 24.3 Å². The lowest BCUT2D eigenvalue weighted by Crippen LogP contribution is -2.38. The summed E-state index contributed by atoms with van der Waals surface area (Å²) in [6.07, 6.45) is 0.276. The third-order valence-corrected chi connectivity index (χ3v) is 5.10. The van der Waals surface area contributed by atoms with Crippen LogP contribution in [0.5, 0.6) is 0 Å². The number of nitrogens with two attached hydrogens (primary N) is 1. The molecular formula is C12H19BrN2O4S. The molecule has 1 atom stereocenters. The lowest BCUT2D eigenvalue weighted by Gasteiger charge is -2.18. The third-order valence-electron chi connectivity index (χ3n) is 2.75. The quantitative estimate of drug-likeness (QED) is 0.625. The summed E-state index contributed by atoms with van der Waals surface area (Å²) in [5.74, 6) is 0. The molecule has 1 unspecified atom stereocenters. The fourth-order valence-corrected chi connectivity index (χ4v) is 3.75. The molecule has 0 saturated carbocycles. The second-order valence-electron chi connectivity index (χ2n) is 4.43. The minimum atomic E-state index is -3.72. The average Bonchev–Trinajstić information content (AvgIpc) is 2.33. The molecule has 1 aromatic carbocycles. The van der Waals surface area contributed by atoms with E-state index in [4.69, 9.17) is 15.6 Å². The molecule has 0 bridgehead atoms. The molecule has 0 radical (unpaired) electrons. The topological polar surface area (TPSA) is 102 Å². The SMILES string of the molecule is COCC(CCO)NS(=O)(=O)c1cc(N)c(Br)cc1C. The Labute approximate surface area is 127 Å². The number of aryl methyl sites for hydroxylation is 1. The van der Waals surface area contributed by atoms with Gasteiger partial charge in [0.15, 0.2) is 0 Å². The predicted molar refractivity (Wildman–Crippen MR) is 81.0 cm³/mol. The van der Waals surface area contributed by atoms with Crippen molar-refractivity contribution in [3.63, 3.8) is 0 Å². The highest BCUT2D eigenvalue weighted by atomic mass is 79.9. The van der Waals surface area contributed by atoms with E-state index in [1.165, 1.54) is 13.2 Å². The van der Waals surface area contributed by atoms with Crippen LogP contribution < -0.4 is 10.5 Å². The van der Waals surface area contributed by atoms with Gasteiger partial charge in [0.25, 0.3) is 0 Å². The van der Waals surface area contributed by atoms with E-state index < -0.39 is 16.1 Å². The summed E-state index contributed by atoms with van der Waals surface area (Å²) in [4.78, 5) is 0.122.